The molecule has 1 aliphatic heterocycles. The highest BCUT2D eigenvalue weighted by molar-refractivity contribution is 8.01. The van der Waals surface area contributed by atoms with Crippen LogP contribution in [-0.2, 0) is 9.53 Å². The average molecular weight is 184 g/mol. The molecular weight excluding hydrogens is 172 g/mol. The van der Waals surface area contributed by atoms with Crippen LogP contribution < -0.4 is 0 Å². The Bertz CT molecular complexity index is 225. The lowest BCUT2D eigenvalue weighted by molar-refractivity contribution is -0.143. The number of carbonyl (C=O) groups excluding carboxylic acids is 1. The van der Waals surface area contributed by atoms with Gasteiger partial charge in [-0.1, -0.05) is 12.2 Å². The fourth-order valence-electron chi connectivity index (χ4n) is 1.76. The smallest absolute Gasteiger partial charge is 0.319 e. The first-order valence-corrected chi connectivity index (χ1v) is 5.26. The Balaban J connectivity index is 1.98. The van der Waals surface area contributed by atoms with E-state index in [9.17, 15) is 4.79 Å². The van der Waals surface area contributed by atoms with Gasteiger partial charge in [-0.15, -0.1) is 11.8 Å². The molecule has 66 valence electrons. The van der Waals surface area contributed by atoms with Crippen molar-refractivity contribution in [3.8, 4) is 0 Å². The monoisotopic (exact) mass is 184 g/mol. The van der Waals surface area contributed by atoms with Crippen molar-refractivity contribution in [3.63, 3.8) is 0 Å². The summed E-state index contributed by atoms with van der Waals surface area (Å²) in [6, 6.07) is 0. The molecule has 0 amide bonds. The third-order valence-electron chi connectivity index (χ3n) is 2.31. The third kappa shape index (κ3) is 1.26. The maximum absolute atomic E-state index is 11.4. The molecule has 0 aromatic carbocycles. The molecule has 0 unspecified atom stereocenters. The number of ether oxygens (including phenoxy) is 1. The van der Waals surface area contributed by atoms with Crippen molar-refractivity contribution in [1.29, 1.82) is 0 Å². The van der Waals surface area contributed by atoms with E-state index in [0.717, 1.165) is 6.42 Å². The van der Waals surface area contributed by atoms with Gasteiger partial charge < -0.3 is 4.74 Å². The molecule has 2 nitrogen and oxygen atoms in total. The summed E-state index contributed by atoms with van der Waals surface area (Å²) < 4.78 is 4.98. The predicted molar refractivity (Wildman–Crippen MR) is 49.0 cm³/mol. The van der Waals surface area contributed by atoms with Gasteiger partial charge in [0, 0.05) is 11.2 Å². The van der Waals surface area contributed by atoms with Crippen LogP contribution in [0, 0.1) is 5.92 Å². The highest BCUT2D eigenvalue weighted by atomic mass is 32.2. The molecule has 1 fully saturated rings. The van der Waals surface area contributed by atoms with Crippen LogP contribution in [-0.4, -0.2) is 23.1 Å². The second-order valence-electron chi connectivity index (χ2n) is 3.13. The fourth-order valence-corrected chi connectivity index (χ4v) is 3.24. The number of esters is 1. The van der Waals surface area contributed by atoms with E-state index in [4.69, 9.17) is 4.74 Å². The molecule has 2 bridgehead atoms. The van der Waals surface area contributed by atoms with Crippen LogP contribution in [0.1, 0.15) is 13.3 Å². The minimum absolute atomic E-state index is 0.0284. The van der Waals surface area contributed by atoms with E-state index in [-0.39, 0.29) is 11.2 Å². The maximum Gasteiger partial charge on any atom is 0.319 e. The summed E-state index contributed by atoms with van der Waals surface area (Å²) in [5.41, 5.74) is 0. The van der Waals surface area contributed by atoms with Gasteiger partial charge in [0.1, 0.15) is 5.25 Å². The number of allylic oxidation sites excluding steroid dienone is 1. The van der Waals surface area contributed by atoms with Gasteiger partial charge in [-0.25, -0.2) is 0 Å². The summed E-state index contributed by atoms with van der Waals surface area (Å²) in [6.07, 6.45) is 5.49. The maximum atomic E-state index is 11.4. The van der Waals surface area contributed by atoms with Crippen LogP contribution in [0.4, 0.5) is 0 Å². The van der Waals surface area contributed by atoms with Gasteiger partial charge in [0.05, 0.1) is 6.61 Å². The molecule has 0 N–H and O–H groups in total. The van der Waals surface area contributed by atoms with E-state index in [1.807, 2.05) is 6.92 Å². The average Bonchev–Trinajstić information content (AvgIpc) is 2.64. The summed E-state index contributed by atoms with van der Waals surface area (Å²) in [6.45, 7) is 2.35. The van der Waals surface area contributed by atoms with Crippen LogP contribution >= 0.6 is 11.8 Å². The largest absolute Gasteiger partial charge is 0.465 e. The Labute approximate surface area is 76.4 Å². The van der Waals surface area contributed by atoms with Gasteiger partial charge in [0.25, 0.3) is 0 Å². The van der Waals surface area contributed by atoms with E-state index < -0.39 is 0 Å². The number of carbonyl (C=O) groups is 1. The number of rotatable bonds is 2. The Kier molecular flexibility index (Phi) is 2.13. The van der Waals surface area contributed by atoms with E-state index >= 15 is 0 Å². The Morgan fingerprint density at radius 1 is 1.67 bits per heavy atom. The topological polar surface area (TPSA) is 26.3 Å². The SMILES string of the molecule is CCOC(=O)[C@H]1S[C@H]2C=C[C@@H]1C2. The quantitative estimate of drug-likeness (QED) is 0.482. The molecule has 3 heteroatoms. The van der Waals surface area contributed by atoms with Crippen LogP contribution in [0.25, 0.3) is 0 Å². The van der Waals surface area contributed by atoms with Crippen molar-refractivity contribution in [3.05, 3.63) is 12.2 Å². The number of hydrogen-bond acceptors (Lipinski definition) is 3. The molecule has 12 heavy (non-hydrogen) atoms. The normalized spacial score (nSPS) is 37.2. The predicted octanol–water partition coefficient (Wildman–Crippen LogP) is 1.61. The highest BCUT2D eigenvalue weighted by Crippen LogP contribution is 2.45. The molecule has 1 aliphatic carbocycles. The lowest BCUT2D eigenvalue weighted by atomic mass is 10.1. The minimum atomic E-state index is -0.0284. The molecule has 2 aliphatic rings. The van der Waals surface area contributed by atoms with Crippen LogP contribution in [0.5, 0.6) is 0 Å². The zero-order valence-corrected chi connectivity index (χ0v) is 7.84. The fraction of sp³-hybridized carbons (Fsp3) is 0.667. The van der Waals surface area contributed by atoms with Crippen LogP contribution in [0.2, 0.25) is 0 Å². The molecule has 0 saturated carbocycles. The molecule has 0 spiro atoms. The van der Waals surface area contributed by atoms with Crippen molar-refractivity contribution in [1.82, 2.24) is 0 Å². The van der Waals surface area contributed by atoms with E-state index in [1.54, 1.807) is 11.8 Å². The third-order valence-corrected chi connectivity index (χ3v) is 3.84. The van der Waals surface area contributed by atoms with Gasteiger partial charge in [0.15, 0.2) is 0 Å². The number of hydrogen-bond donors (Lipinski definition) is 0. The molecule has 0 aromatic heterocycles. The van der Waals surface area contributed by atoms with Gasteiger partial charge in [-0.3, -0.25) is 4.79 Å². The van der Waals surface area contributed by atoms with Gasteiger partial charge in [-0.2, -0.15) is 0 Å². The zero-order valence-electron chi connectivity index (χ0n) is 7.03. The molecule has 3 atom stereocenters. The highest BCUT2D eigenvalue weighted by Gasteiger charge is 2.41. The van der Waals surface area contributed by atoms with Gasteiger partial charge in [-0.05, 0) is 13.3 Å². The first kappa shape index (κ1) is 8.17. The van der Waals surface area contributed by atoms with Crippen molar-refractivity contribution in [2.45, 2.75) is 23.8 Å². The standard InChI is InChI=1S/C9H12O2S/c1-2-11-9(10)8-6-3-4-7(5-6)12-8/h3-4,6-8H,2,5H2,1H3/t6-,7+,8+/m1/s1. The van der Waals surface area contributed by atoms with E-state index in [1.165, 1.54) is 0 Å². The molecule has 1 heterocycles. The lowest BCUT2D eigenvalue weighted by Crippen LogP contribution is -2.24. The number of thioether (sulfide) groups is 1. The second kappa shape index (κ2) is 3.13. The first-order chi connectivity index (χ1) is 5.81. The van der Waals surface area contributed by atoms with E-state index in [0.29, 0.717) is 17.8 Å². The van der Waals surface area contributed by atoms with Crippen LogP contribution in [0.15, 0.2) is 12.2 Å². The summed E-state index contributed by atoms with van der Waals surface area (Å²) in [7, 11) is 0. The van der Waals surface area contributed by atoms with Crippen molar-refractivity contribution in [2.75, 3.05) is 6.61 Å². The van der Waals surface area contributed by atoms with Gasteiger partial charge in [0.2, 0.25) is 0 Å². The van der Waals surface area contributed by atoms with Crippen molar-refractivity contribution >= 4 is 17.7 Å². The summed E-state index contributed by atoms with van der Waals surface area (Å²) in [5, 5.41) is 0.657. The summed E-state index contributed by atoms with van der Waals surface area (Å²) in [4.78, 5) is 11.4. The molecule has 2 rings (SSSR count). The van der Waals surface area contributed by atoms with Crippen molar-refractivity contribution < 1.29 is 9.53 Å². The van der Waals surface area contributed by atoms with Crippen LogP contribution in [0.3, 0.4) is 0 Å². The zero-order chi connectivity index (χ0) is 8.55. The Hall–Kier alpha value is -0.440. The molecule has 0 aromatic rings. The molecule has 1 saturated heterocycles. The van der Waals surface area contributed by atoms with Crippen molar-refractivity contribution in [2.24, 2.45) is 5.92 Å². The Morgan fingerprint density at radius 2 is 2.50 bits per heavy atom. The first-order valence-electron chi connectivity index (χ1n) is 4.31. The molecule has 0 radical (unpaired) electrons. The van der Waals surface area contributed by atoms with Gasteiger partial charge >= 0.3 is 5.97 Å². The van der Waals surface area contributed by atoms with E-state index in [2.05, 4.69) is 12.2 Å². The lowest BCUT2D eigenvalue weighted by Gasteiger charge is -2.15. The summed E-state index contributed by atoms with van der Waals surface area (Å²) in [5.74, 6) is 0.415. The minimum Gasteiger partial charge on any atom is -0.465 e. The molecular formula is C9H12O2S. The Morgan fingerprint density at radius 3 is 3.00 bits per heavy atom. The summed E-state index contributed by atoms with van der Waals surface area (Å²) >= 11 is 1.75. The number of fused-ring (bicyclic) bond motifs is 2. The second-order valence-corrected chi connectivity index (χ2v) is 4.52.